The number of rotatable bonds is 3. The summed E-state index contributed by atoms with van der Waals surface area (Å²) in [5.41, 5.74) is -0.312. The van der Waals surface area contributed by atoms with E-state index in [0.717, 1.165) is 12.1 Å². The number of nitrogens with zero attached hydrogens (tertiary/aromatic N) is 2. The Labute approximate surface area is 118 Å². The first-order valence-electron chi connectivity index (χ1n) is 5.47. The fourth-order valence-corrected chi connectivity index (χ4v) is 1.98. The lowest BCUT2D eigenvalue weighted by Crippen LogP contribution is -2.08. The van der Waals surface area contributed by atoms with E-state index in [0.29, 0.717) is 17.1 Å². The molecule has 1 heterocycles. The van der Waals surface area contributed by atoms with Crippen molar-refractivity contribution in [2.45, 2.75) is 18.9 Å². The Balaban J connectivity index is 1.99. The standard InChI is InChI=1S/C11H7F6N3S/c12-10(13,14)7-3-1-6(2-4-7)5-18-9-19-8(20-21-9)11(15,16)17/h1-4H,5H2,(H,18,19,20). The second-order valence-corrected chi connectivity index (χ2v) is 4.72. The third kappa shape index (κ3) is 4.06. The molecule has 0 unspecified atom stereocenters. The van der Waals surface area contributed by atoms with Crippen molar-refractivity contribution >= 4 is 16.7 Å². The molecule has 0 aliphatic rings. The molecule has 0 saturated heterocycles. The SMILES string of the molecule is FC(F)(F)c1ccc(CNc2nc(C(F)(F)F)ns2)cc1. The molecule has 0 aliphatic heterocycles. The summed E-state index contributed by atoms with van der Waals surface area (Å²) in [5.74, 6) is -1.25. The van der Waals surface area contributed by atoms with Gasteiger partial charge in [-0.2, -0.15) is 35.7 Å². The summed E-state index contributed by atoms with van der Waals surface area (Å²) in [5, 5.41) is 2.52. The van der Waals surface area contributed by atoms with Crippen LogP contribution in [0.5, 0.6) is 0 Å². The lowest BCUT2D eigenvalue weighted by molar-refractivity contribution is -0.144. The normalized spacial score (nSPS) is 12.5. The van der Waals surface area contributed by atoms with Crippen LogP contribution >= 0.6 is 11.5 Å². The van der Waals surface area contributed by atoms with Gasteiger partial charge in [-0.25, -0.2) is 0 Å². The summed E-state index contributed by atoms with van der Waals surface area (Å²) < 4.78 is 77.0. The predicted octanol–water partition coefficient (Wildman–Crippen LogP) is 4.19. The van der Waals surface area contributed by atoms with Gasteiger partial charge in [-0.3, -0.25) is 0 Å². The van der Waals surface area contributed by atoms with E-state index in [4.69, 9.17) is 0 Å². The number of anilines is 1. The number of benzene rings is 1. The molecule has 2 rings (SSSR count). The lowest BCUT2D eigenvalue weighted by atomic mass is 10.1. The zero-order chi connectivity index (χ0) is 15.7. The Hall–Kier alpha value is -1.84. The summed E-state index contributed by atoms with van der Waals surface area (Å²) in [7, 11) is 0. The fraction of sp³-hybridized carbons (Fsp3) is 0.273. The van der Waals surface area contributed by atoms with Crippen LogP contribution in [0.1, 0.15) is 17.0 Å². The van der Waals surface area contributed by atoms with Crippen LogP contribution in [0.2, 0.25) is 0 Å². The lowest BCUT2D eigenvalue weighted by Gasteiger charge is -2.07. The maximum Gasteiger partial charge on any atom is 0.452 e. The monoisotopic (exact) mass is 327 g/mol. The third-order valence-corrected chi connectivity index (χ3v) is 3.08. The first-order chi connectivity index (χ1) is 9.66. The summed E-state index contributed by atoms with van der Waals surface area (Å²) in [6.45, 7) is 0.0463. The molecule has 3 nitrogen and oxygen atoms in total. The Kier molecular flexibility index (Phi) is 4.08. The Morgan fingerprint density at radius 3 is 2.05 bits per heavy atom. The minimum absolute atomic E-state index is 0.0463. The third-order valence-electron chi connectivity index (χ3n) is 2.40. The van der Waals surface area contributed by atoms with Gasteiger partial charge in [-0.15, -0.1) is 0 Å². The quantitative estimate of drug-likeness (QED) is 0.859. The van der Waals surface area contributed by atoms with E-state index in [-0.39, 0.29) is 11.7 Å². The van der Waals surface area contributed by atoms with Gasteiger partial charge in [0, 0.05) is 18.1 Å². The maximum atomic E-state index is 12.3. The smallest absolute Gasteiger partial charge is 0.356 e. The van der Waals surface area contributed by atoms with Crippen molar-refractivity contribution in [2.75, 3.05) is 5.32 Å². The van der Waals surface area contributed by atoms with Crippen molar-refractivity contribution in [2.24, 2.45) is 0 Å². The van der Waals surface area contributed by atoms with Gasteiger partial charge in [0.1, 0.15) is 0 Å². The molecular formula is C11H7F6N3S. The van der Waals surface area contributed by atoms with Crippen molar-refractivity contribution in [1.29, 1.82) is 0 Å². The van der Waals surface area contributed by atoms with Crippen molar-refractivity contribution in [3.63, 3.8) is 0 Å². The molecule has 0 radical (unpaired) electrons. The van der Waals surface area contributed by atoms with Crippen LogP contribution < -0.4 is 5.32 Å². The number of hydrogen-bond acceptors (Lipinski definition) is 4. The van der Waals surface area contributed by atoms with Gasteiger partial charge in [0.05, 0.1) is 5.56 Å². The van der Waals surface area contributed by atoms with Crippen LogP contribution in [0, 0.1) is 0 Å². The summed E-state index contributed by atoms with van der Waals surface area (Å²) in [6.07, 6.45) is -9.04. The highest BCUT2D eigenvalue weighted by atomic mass is 32.1. The van der Waals surface area contributed by atoms with Gasteiger partial charge in [0.25, 0.3) is 0 Å². The zero-order valence-corrected chi connectivity index (χ0v) is 10.9. The second kappa shape index (κ2) is 5.51. The zero-order valence-electron chi connectivity index (χ0n) is 10.1. The van der Waals surface area contributed by atoms with E-state index in [1.54, 1.807) is 0 Å². The average molecular weight is 327 g/mol. The average Bonchev–Trinajstić information content (AvgIpc) is 2.84. The molecule has 2 aromatic rings. The van der Waals surface area contributed by atoms with Crippen LogP contribution in [-0.2, 0) is 18.9 Å². The van der Waals surface area contributed by atoms with E-state index in [1.807, 2.05) is 0 Å². The van der Waals surface area contributed by atoms with E-state index in [1.165, 1.54) is 12.1 Å². The molecule has 0 saturated carbocycles. The summed E-state index contributed by atoms with van der Waals surface area (Å²) in [6, 6.07) is 4.28. The van der Waals surface area contributed by atoms with Gasteiger partial charge in [-0.1, -0.05) is 12.1 Å². The Bertz CT molecular complexity index is 602. The molecule has 0 atom stereocenters. The highest BCUT2D eigenvalue weighted by Gasteiger charge is 2.36. The van der Waals surface area contributed by atoms with Crippen molar-refractivity contribution in [1.82, 2.24) is 9.36 Å². The molecule has 10 heteroatoms. The van der Waals surface area contributed by atoms with Crippen molar-refractivity contribution in [3.05, 3.63) is 41.2 Å². The number of nitrogens with one attached hydrogen (secondary N) is 1. The fourth-order valence-electron chi connectivity index (χ4n) is 1.40. The highest BCUT2D eigenvalue weighted by Crippen LogP contribution is 2.30. The number of halogens is 6. The Morgan fingerprint density at radius 1 is 0.952 bits per heavy atom. The van der Waals surface area contributed by atoms with E-state index >= 15 is 0 Å². The maximum absolute atomic E-state index is 12.3. The minimum atomic E-state index is -4.62. The van der Waals surface area contributed by atoms with Crippen LogP contribution in [0.4, 0.5) is 31.5 Å². The Morgan fingerprint density at radius 2 is 1.57 bits per heavy atom. The van der Waals surface area contributed by atoms with Gasteiger partial charge >= 0.3 is 12.4 Å². The molecule has 1 aromatic heterocycles. The van der Waals surface area contributed by atoms with E-state index < -0.39 is 23.7 Å². The molecule has 0 fully saturated rings. The van der Waals surface area contributed by atoms with Gasteiger partial charge in [-0.05, 0) is 17.7 Å². The molecule has 0 amide bonds. The van der Waals surface area contributed by atoms with Crippen molar-refractivity contribution in [3.8, 4) is 0 Å². The van der Waals surface area contributed by atoms with Crippen LogP contribution in [0.25, 0.3) is 0 Å². The topological polar surface area (TPSA) is 37.8 Å². The molecule has 0 spiro atoms. The van der Waals surface area contributed by atoms with Gasteiger partial charge < -0.3 is 5.32 Å². The summed E-state index contributed by atoms with van der Waals surface area (Å²) >= 11 is 0.531. The van der Waals surface area contributed by atoms with Gasteiger partial charge in [0.2, 0.25) is 11.0 Å². The van der Waals surface area contributed by atoms with Crippen LogP contribution in [0.3, 0.4) is 0 Å². The molecular weight excluding hydrogens is 320 g/mol. The number of aromatic nitrogens is 2. The molecule has 1 N–H and O–H groups in total. The first kappa shape index (κ1) is 15.5. The molecule has 0 aliphatic carbocycles. The largest absolute Gasteiger partial charge is 0.452 e. The molecule has 21 heavy (non-hydrogen) atoms. The molecule has 0 bridgehead atoms. The number of alkyl halides is 6. The number of hydrogen-bond donors (Lipinski definition) is 1. The van der Waals surface area contributed by atoms with E-state index in [9.17, 15) is 26.3 Å². The first-order valence-corrected chi connectivity index (χ1v) is 6.24. The van der Waals surface area contributed by atoms with Crippen LogP contribution in [-0.4, -0.2) is 9.36 Å². The van der Waals surface area contributed by atoms with Crippen molar-refractivity contribution < 1.29 is 26.3 Å². The van der Waals surface area contributed by atoms with Crippen LogP contribution in [0.15, 0.2) is 24.3 Å². The second-order valence-electron chi connectivity index (χ2n) is 3.97. The van der Waals surface area contributed by atoms with E-state index in [2.05, 4.69) is 14.7 Å². The highest BCUT2D eigenvalue weighted by molar-refractivity contribution is 7.09. The molecule has 1 aromatic carbocycles. The van der Waals surface area contributed by atoms with Gasteiger partial charge in [0.15, 0.2) is 0 Å². The predicted molar refractivity (Wildman–Crippen MR) is 63.7 cm³/mol. The minimum Gasteiger partial charge on any atom is -0.356 e. The molecule has 114 valence electrons. The summed E-state index contributed by atoms with van der Waals surface area (Å²) in [4.78, 5) is 3.24.